The number of nitrogens with one attached hydrogen (secondary N) is 1. The summed E-state index contributed by atoms with van der Waals surface area (Å²) in [6.07, 6.45) is 1.21. The van der Waals surface area contributed by atoms with Crippen LogP contribution in [-0.2, 0) is 11.4 Å². The quantitative estimate of drug-likeness (QED) is 0.729. The Morgan fingerprint density at radius 1 is 1.17 bits per heavy atom. The molecule has 0 spiro atoms. The Bertz CT molecular complexity index is 743. The minimum absolute atomic E-state index is 0.0725. The fraction of sp³-hybridized carbons (Fsp3) is 0.263. The lowest BCUT2D eigenvalue weighted by atomic mass is 10.1. The lowest BCUT2D eigenvalue weighted by Gasteiger charge is -2.13. The molecule has 4 nitrogen and oxygen atoms in total. The highest BCUT2D eigenvalue weighted by molar-refractivity contribution is 6.31. The number of hydrogen-bond donors (Lipinski definition) is 1. The van der Waals surface area contributed by atoms with Crippen LogP contribution in [0.15, 0.2) is 42.5 Å². The van der Waals surface area contributed by atoms with Crippen molar-refractivity contribution in [3.8, 4) is 5.75 Å². The maximum absolute atomic E-state index is 11.9. The summed E-state index contributed by atoms with van der Waals surface area (Å²) in [7, 11) is 0. The number of ether oxygens (including phenoxy) is 1. The number of anilines is 1. The molecule has 1 amide bonds. The van der Waals surface area contributed by atoms with Crippen molar-refractivity contribution in [3.63, 3.8) is 0 Å². The third-order valence-corrected chi connectivity index (χ3v) is 3.83. The van der Waals surface area contributed by atoms with Crippen molar-refractivity contribution in [2.45, 2.75) is 33.3 Å². The van der Waals surface area contributed by atoms with E-state index in [9.17, 15) is 9.59 Å². The van der Waals surface area contributed by atoms with Crippen LogP contribution < -0.4 is 10.1 Å². The number of carbonyl (C=O) groups is 2. The van der Waals surface area contributed by atoms with Gasteiger partial charge in [0, 0.05) is 22.7 Å². The van der Waals surface area contributed by atoms with E-state index in [1.165, 1.54) is 6.92 Å². The fourth-order valence-corrected chi connectivity index (χ4v) is 2.42. The molecule has 1 N–H and O–H groups in total. The molecular weight excluding hydrogens is 326 g/mol. The van der Waals surface area contributed by atoms with E-state index in [1.54, 1.807) is 24.3 Å². The van der Waals surface area contributed by atoms with Gasteiger partial charge in [0.15, 0.2) is 5.78 Å². The van der Waals surface area contributed by atoms with Crippen LogP contribution in [0.1, 0.15) is 42.6 Å². The topological polar surface area (TPSA) is 55.4 Å². The van der Waals surface area contributed by atoms with Gasteiger partial charge >= 0.3 is 0 Å². The monoisotopic (exact) mass is 345 g/mol. The van der Waals surface area contributed by atoms with Crippen LogP contribution in [0.5, 0.6) is 5.75 Å². The van der Waals surface area contributed by atoms with E-state index in [-0.39, 0.29) is 18.3 Å². The zero-order valence-corrected chi connectivity index (χ0v) is 14.5. The zero-order valence-electron chi connectivity index (χ0n) is 13.8. The average Bonchev–Trinajstić information content (AvgIpc) is 2.55. The van der Waals surface area contributed by atoms with Crippen molar-refractivity contribution in [2.24, 2.45) is 0 Å². The van der Waals surface area contributed by atoms with Crippen LogP contribution in [0.4, 0.5) is 5.69 Å². The van der Waals surface area contributed by atoms with Gasteiger partial charge < -0.3 is 10.1 Å². The summed E-state index contributed by atoms with van der Waals surface area (Å²) in [6, 6.07) is 12.4. The lowest BCUT2D eigenvalue weighted by Crippen LogP contribution is -2.11. The predicted octanol–water partition coefficient (Wildman–Crippen LogP) is 4.86. The first-order valence-corrected chi connectivity index (χ1v) is 8.20. The standard InChI is InChI=1S/C19H20ClNO3/c1-3-6-19(23)21-15-9-10-18(16(11-15)13(2)22)24-12-14-7-4-5-8-17(14)20/h4-5,7-11H,3,6,12H2,1-2H3,(H,21,23). The van der Waals surface area contributed by atoms with Gasteiger partial charge in [0.25, 0.3) is 0 Å². The van der Waals surface area contributed by atoms with Gasteiger partial charge in [-0.3, -0.25) is 9.59 Å². The number of halogens is 1. The molecule has 0 aromatic heterocycles. The summed E-state index contributed by atoms with van der Waals surface area (Å²) in [4.78, 5) is 23.6. The van der Waals surface area contributed by atoms with Gasteiger partial charge in [-0.15, -0.1) is 0 Å². The highest BCUT2D eigenvalue weighted by Crippen LogP contribution is 2.26. The molecule has 0 bridgehead atoms. The Labute approximate surface area is 146 Å². The molecular formula is C19H20ClNO3. The summed E-state index contributed by atoms with van der Waals surface area (Å²) in [6.45, 7) is 3.67. The van der Waals surface area contributed by atoms with E-state index in [1.807, 2.05) is 25.1 Å². The SMILES string of the molecule is CCCC(=O)Nc1ccc(OCc2ccccc2Cl)c(C(C)=O)c1. The van der Waals surface area contributed by atoms with Crippen molar-refractivity contribution in [2.75, 3.05) is 5.32 Å². The van der Waals surface area contributed by atoms with Crippen molar-refractivity contribution >= 4 is 29.0 Å². The van der Waals surface area contributed by atoms with E-state index >= 15 is 0 Å². The first-order chi connectivity index (χ1) is 11.5. The number of carbonyl (C=O) groups excluding carboxylic acids is 2. The Morgan fingerprint density at radius 3 is 2.58 bits per heavy atom. The Morgan fingerprint density at radius 2 is 1.92 bits per heavy atom. The predicted molar refractivity (Wildman–Crippen MR) is 95.8 cm³/mol. The van der Waals surface area contributed by atoms with E-state index in [4.69, 9.17) is 16.3 Å². The molecule has 0 heterocycles. The van der Waals surface area contributed by atoms with Crippen LogP contribution in [0.3, 0.4) is 0 Å². The maximum Gasteiger partial charge on any atom is 0.224 e. The van der Waals surface area contributed by atoms with E-state index < -0.39 is 0 Å². The third kappa shape index (κ3) is 4.83. The molecule has 2 aromatic carbocycles. The summed E-state index contributed by atoms with van der Waals surface area (Å²) >= 11 is 6.11. The van der Waals surface area contributed by atoms with Gasteiger partial charge in [-0.25, -0.2) is 0 Å². The molecule has 2 aromatic rings. The van der Waals surface area contributed by atoms with E-state index in [0.29, 0.717) is 28.4 Å². The lowest BCUT2D eigenvalue weighted by molar-refractivity contribution is -0.116. The summed E-state index contributed by atoms with van der Waals surface area (Å²) in [5, 5.41) is 3.40. The molecule has 0 radical (unpaired) electrons. The second-order valence-corrected chi connectivity index (χ2v) is 5.85. The minimum Gasteiger partial charge on any atom is -0.488 e. The molecule has 0 unspecified atom stereocenters. The Balaban J connectivity index is 2.16. The van der Waals surface area contributed by atoms with Gasteiger partial charge in [-0.2, -0.15) is 0 Å². The fourth-order valence-electron chi connectivity index (χ4n) is 2.23. The largest absolute Gasteiger partial charge is 0.488 e. The number of ketones is 1. The molecule has 126 valence electrons. The molecule has 2 rings (SSSR count). The normalized spacial score (nSPS) is 10.3. The van der Waals surface area contributed by atoms with Gasteiger partial charge in [-0.05, 0) is 37.6 Å². The molecule has 0 atom stereocenters. The Hall–Kier alpha value is -2.33. The summed E-state index contributed by atoms with van der Waals surface area (Å²) < 4.78 is 5.75. The second-order valence-electron chi connectivity index (χ2n) is 5.45. The van der Waals surface area contributed by atoms with E-state index in [0.717, 1.165) is 12.0 Å². The van der Waals surface area contributed by atoms with Crippen molar-refractivity contribution in [3.05, 3.63) is 58.6 Å². The number of benzene rings is 2. The zero-order chi connectivity index (χ0) is 17.5. The average molecular weight is 346 g/mol. The van der Waals surface area contributed by atoms with Gasteiger partial charge in [0.2, 0.25) is 5.91 Å². The molecule has 0 saturated carbocycles. The molecule has 0 aliphatic rings. The number of hydrogen-bond acceptors (Lipinski definition) is 3. The number of amides is 1. The van der Waals surface area contributed by atoms with Gasteiger partial charge in [0.05, 0.1) is 5.56 Å². The van der Waals surface area contributed by atoms with Crippen molar-refractivity contribution < 1.29 is 14.3 Å². The van der Waals surface area contributed by atoms with Crippen LogP contribution in [0, 0.1) is 0 Å². The van der Waals surface area contributed by atoms with Gasteiger partial charge in [-0.1, -0.05) is 36.7 Å². The van der Waals surface area contributed by atoms with Gasteiger partial charge in [0.1, 0.15) is 12.4 Å². The second kappa shape index (κ2) is 8.50. The first kappa shape index (κ1) is 18.0. The molecule has 0 aliphatic heterocycles. The van der Waals surface area contributed by atoms with Crippen LogP contribution >= 0.6 is 11.6 Å². The molecule has 0 fully saturated rings. The van der Waals surface area contributed by atoms with E-state index in [2.05, 4.69) is 5.32 Å². The van der Waals surface area contributed by atoms with Crippen LogP contribution in [0.25, 0.3) is 0 Å². The molecule has 24 heavy (non-hydrogen) atoms. The molecule has 0 aliphatic carbocycles. The first-order valence-electron chi connectivity index (χ1n) is 7.82. The summed E-state index contributed by atoms with van der Waals surface area (Å²) in [5.41, 5.74) is 1.86. The number of rotatable bonds is 7. The van der Waals surface area contributed by atoms with Crippen LogP contribution in [0.2, 0.25) is 5.02 Å². The Kier molecular flexibility index (Phi) is 6.38. The van der Waals surface area contributed by atoms with Crippen LogP contribution in [-0.4, -0.2) is 11.7 Å². The molecule has 0 saturated heterocycles. The summed E-state index contributed by atoms with van der Waals surface area (Å²) in [5.74, 6) is 0.267. The minimum atomic E-state index is -0.129. The molecule has 5 heteroatoms. The highest BCUT2D eigenvalue weighted by Gasteiger charge is 2.12. The highest BCUT2D eigenvalue weighted by atomic mass is 35.5. The van der Waals surface area contributed by atoms with Crippen molar-refractivity contribution in [1.29, 1.82) is 0 Å². The number of Topliss-reactive ketones (excluding diaryl/α,β-unsaturated/α-hetero) is 1. The van der Waals surface area contributed by atoms with Crippen molar-refractivity contribution in [1.82, 2.24) is 0 Å². The third-order valence-electron chi connectivity index (χ3n) is 3.46. The smallest absolute Gasteiger partial charge is 0.224 e. The maximum atomic E-state index is 11.9.